The van der Waals surface area contributed by atoms with E-state index in [1.165, 1.54) is 23.7 Å². The number of anilines is 1. The third kappa shape index (κ3) is 3.50. The van der Waals surface area contributed by atoms with Crippen LogP contribution < -0.4 is 5.32 Å². The fourth-order valence-electron chi connectivity index (χ4n) is 2.99. The number of para-hydroxylation sites is 1. The Kier molecular flexibility index (Phi) is 4.76. The maximum Gasteiger partial charge on any atom is 0.234 e. The summed E-state index contributed by atoms with van der Waals surface area (Å²) in [7, 11) is 0. The fraction of sp³-hybridized carbons (Fsp3) is 0.150. The van der Waals surface area contributed by atoms with Crippen LogP contribution in [0.5, 0.6) is 0 Å². The minimum absolute atomic E-state index is 0.130. The Bertz CT molecular complexity index is 1150. The SMILES string of the molecule is Cc1ccc2[nH]c3c(SCC(=O)Nc4c(C)cccc4Cl)ncnc3c2c1. The van der Waals surface area contributed by atoms with Gasteiger partial charge in [0.1, 0.15) is 16.9 Å². The summed E-state index contributed by atoms with van der Waals surface area (Å²) >= 11 is 7.55. The number of carbonyl (C=O) groups is 1. The van der Waals surface area contributed by atoms with Crippen LogP contribution in [-0.4, -0.2) is 26.6 Å². The van der Waals surface area contributed by atoms with Crippen molar-refractivity contribution in [3.05, 3.63) is 58.9 Å². The van der Waals surface area contributed by atoms with Crippen LogP contribution in [0.1, 0.15) is 11.1 Å². The molecule has 27 heavy (non-hydrogen) atoms. The number of hydrogen-bond donors (Lipinski definition) is 2. The first-order valence-corrected chi connectivity index (χ1v) is 9.80. The van der Waals surface area contributed by atoms with Crippen molar-refractivity contribution in [2.45, 2.75) is 18.9 Å². The lowest BCUT2D eigenvalue weighted by Gasteiger charge is -2.10. The Balaban J connectivity index is 1.57. The van der Waals surface area contributed by atoms with E-state index in [1.54, 1.807) is 6.07 Å². The predicted molar refractivity (Wildman–Crippen MR) is 112 cm³/mol. The van der Waals surface area contributed by atoms with Gasteiger partial charge in [-0.05, 0) is 37.6 Å². The maximum atomic E-state index is 12.4. The molecule has 7 heteroatoms. The first-order chi connectivity index (χ1) is 13.0. The molecule has 4 rings (SSSR count). The number of aromatic nitrogens is 3. The zero-order chi connectivity index (χ0) is 19.0. The number of benzene rings is 2. The van der Waals surface area contributed by atoms with Crippen molar-refractivity contribution in [1.29, 1.82) is 0 Å². The van der Waals surface area contributed by atoms with Gasteiger partial charge in [0, 0.05) is 10.9 Å². The van der Waals surface area contributed by atoms with Gasteiger partial charge in [0.25, 0.3) is 0 Å². The number of nitrogens with zero attached hydrogens (tertiary/aromatic N) is 2. The van der Waals surface area contributed by atoms with Gasteiger partial charge in [0.05, 0.1) is 22.0 Å². The zero-order valence-corrected chi connectivity index (χ0v) is 16.4. The van der Waals surface area contributed by atoms with Crippen molar-refractivity contribution in [3.63, 3.8) is 0 Å². The number of hydrogen-bond acceptors (Lipinski definition) is 4. The molecule has 0 aliphatic carbocycles. The number of fused-ring (bicyclic) bond motifs is 3. The maximum absolute atomic E-state index is 12.4. The second-order valence-corrected chi connectivity index (χ2v) is 7.72. The van der Waals surface area contributed by atoms with Crippen LogP contribution in [0.2, 0.25) is 5.02 Å². The number of amides is 1. The number of aryl methyl sites for hydroxylation is 2. The van der Waals surface area contributed by atoms with Crippen LogP contribution >= 0.6 is 23.4 Å². The summed E-state index contributed by atoms with van der Waals surface area (Å²) in [6.07, 6.45) is 1.54. The van der Waals surface area contributed by atoms with E-state index < -0.39 is 0 Å². The smallest absolute Gasteiger partial charge is 0.234 e. The van der Waals surface area contributed by atoms with Gasteiger partial charge in [-0.25, -0.2) is 9.97 Å². The predicted octanol–water partition coefficient (Wildman–Crippen LogP) is 5.11. The summed E-state index contributed by atoms with van der Waals surface area (Å²) < 4.78 is 0. The molecule has 1 amide bonds. The first kappa shape index (κ1) is 17.8. The number of thioether (sulfide) groups is 1. The summed E-state index contributed by atoms with van der Waals surface area (Å²) in [5, 5.41) is 5.23. The molecule has 2 N–H and O–H groups in total. The zero-order valence-electron chi connectivity index (χ0n) is 14.8. The summed E-state index contributed by atoms with van der Waals surface area (Å²) in [6.45, 7) is 3.96. The quantitative estimate of drug-likeness (QED) is 0.371. The van der Waals surface area contributed by atoms with Gasteiger partial charge in [0.2, 0.25) is 5.91 Å². The molecule has 5 nitrogen and oxygen atoms in total. The monoisotopic (exact) mass is 396 g/mol. The Labute approximate surface area is 165 Å². The van der Waals surface area contributed by atoms with E-state index in [4.69, 9.17) is 11.6 Å². The highest BCUT2D eigenvalue weighted by Gasteiger charge is 2.14. The number of carbonyl (C=O) groups excluding carboxylic acids is 1. The Morgan fingerprint density at radius 1 is 1.22 bits per heavy atom. The molecule has 0 saturated carbocycles. The lowest BCUT2D eigenvalue weighted by molar-refractivity contribution is -0.113. The molecule has 0 spiro atoms. The second kappa shape index (κ2) is 7.21. The Hall–Kier alpha value is -2.57. The van der Waals surface area contributed by atoms with Gasteiger partial charge in [-0.1, -0.05) is 47.1 Å². The van der Waals surface area contributed by atoms with Gasteiger partial charge in [-0.3, -0.25) is 4.79 Å². The molecule has 0 saturated heterocycles. The Morgan fingerprint density at radius 2 is 2.07 bits per heavy atom. The molecule has 0 atom stereocenters. The van der Waals surface area contributed by atoms with E-state index in [2.05, 4.69) is 39.3 Å². The minimum Gasteiger partial charge on any atom is -0.351 e. The summed E-state index contributed by atoms with van der Waals surface area (Å²) in [6, 6.07) is 11.7. The lowest BCUT2D eigenvalue weighted by atomic mass is 10.2. The minimum atomic E-state index is -0.130. The van der Waals surface area contributed by atoms with Crippen molar-refractivity contribution in [2.24, 2.45) is 0 Å². The molecular formula is C20H17ClN4OS. The number of aromatic amines is 1. The van der Waals surface area contributed by atoms with Crippen LogP contribution in [0.25, 0.3) is 21.9 Å². The number of H-pyrrole nitrogens is 1. The number of nitrogens with one attached hydrogen (secondary N) is 2. The molecule has 0 radical (unpaired) electrons. The van der Waals surface area contributed by atoms with Crippen molar-refractivity contribution >= 4 is 56.9 Å². The lowest BCUT2D eigenvalue weighted by Crippen LogP contribution is -2.15. The summed E-state index contributed by atoms with van der Waals surface area (Å²) in [4.78, 5) is 24.5. The topological polar surface area (TPSA) is 70.7 Å². The molecule has 136 valence electrons. The second-order valence-electron chi connectivity index (χ2n) is 6.35. The molecule has 0 bridgehead atoms. The van der Waals surface area contributed by atoms with Gasteiger partial charge in [0.15, 0.2) is 0 Å². The molecule has 0 unspecified atom stereocenters. The average Bonchev–Trinajstić information content (AvgIpc) is 3.01. The Morgan fingerprint density at radius 3 is 2.89 bits per heavy atom. The van der Waals surface area contributed by atoms with Crippen molar-refractivity contribution < 1.29 is 4.79 Å². The van der Waals surface area contributed by atoms with Gasteiger partial charge >= 0.3 is 0 Å². The van der Waals surface area contributed by atoms with E-state index >= 15 is 0 Å². The third-order valence-corrected chi connectivity index (χ3v) is 5.63. The number of rotatable bonds is 4. The summed E-state index contributed by atoms with van der Waals surface area (Å²) in [5.74, 6) is 0.0976. The van der Waals surface area contributed by atoms with E-state index in [1.807, 2.05) is 25.1 Å². The van der Waals surface area contributed by atoms with Crippen LogP contribution in [0, 0.1) is 13.8 Å². The highest BCUT2D eigenvalue weighted by molar-refractivity contribution is 8.00. The summed E-state index contributed by atoms with van der Waals surface area (Å²) in [5.41, 5.74) is 5.48. The average molecular weight is 397 g/mol. The van der Waals surface area contributed by atoms with Crippen LogP contribution in [0.3, 0.4) is 0 Å². The molecule has 2 aromatic heterocycles. The molecule has 2 heterocycles. The van der Waals surface area contributed by atoms with Gasteiger partial charge < -0.3 is 10.3 Å². The highest BCUT2D eigenvalue weighted by Crippen LogP contribution is 2.31. The third-order valence-electron chi connectivity index (χ3n) is 4.33. The fourth-order valence-corrected chi connectivity index (χ4v) is 4.02. The van der Waals surface area contributed by atoms with Crippen LogP contribution in [0.15, 0.2) is 47.8 Å². The van der Waals surface area contributed by atoms with E-state index in [-0.39, 0.29) is 11.7 Å². The van der Waals surface area contributed by atoms with Gasteiger partial charge in [-0.2, -0.15) is 0 Å². The van der Waals surface area contributed by atoms with Crippen LogP contribution in [0.4, 0.5) is 5.69 Å². The first-order valence-electron chi connectivity index (χ1n) is 8.44. The molecule has 4 aromatic rings. The van der Waals surface area contributed by atoms with Crippen molar-refractivity contribution in [1.82, 2.24) is 15.0 Å². The number of halogens is 1. The molecule has 0 aliphatic rings. The van der Waals surface area contributed by atoms with E-state index in [0.717, 1.165) is 32.5 Å². The molecule has 0 aliphatic heterocycles. The van der Waals surface area contributed by atoms with Gasteiger partial charge in [-0.15, -0.1) is 0 Å². The normalized spacial score (nSPS) is 11.2. The van der Waals surface area contributed by atoms with E-state index in [0.29, 0.717) is 10.7 Å². The van der Waals surface area contributed by atoms with E-state index in [9.17, 15) is 4.79 Å². The van der Waals surface area contributed by atoms with Crippen LogP contribution in [-0.2, 0) is 4.79 Å². The standard InChI is InChI=1S/C20H17ClN4OS/c1-11-6-7-15-13(8-11)18-19(24-15)20(23-10-22-18)27-9-16(26)25-17-12(2)4-3-5-14(17)21/h3-8,10,24H,9H2,1-2H3,(H,25,26). The van der Waals surface area contributed by atoms with Crippen molar-refractivity contribution in [3.8, 4) is 0 Å². The molecule has 2 aromatic carbocycles. The highest BCUT2D eigenvalue weighted by atomic mass is 35.5. The molecular weight excluding hydrogens is 380 g/mol. The largest absolute Gasteiger partial charge is 0.351 e. The molecule has 0 fully saturated rings. The van der Waals surface area contributed by atoms with Crippen molar-refractivity contribution in [2.75, 3.05) is 11.1 Å².